The van der Waals surface area contributed by atoms with Crippen LogP contribution in [0.4, 0.5) is 10.5 Å². The van der Waals surface area contributed by atoms with E-state index >= 15 is 0 Å². The first-order valence-electron chi connectivity index (χ1n) is 8.25. The lowest BCUT2D eigenvalue weighted by Gasteiger charge is -2.19. The van der Waals surface area contributed by atoms with Crippen molar-refractivity contribution in [2.75, 3.05) is 5.32 Å². The van der Waals surface area contributed by atoms with E-state index in [1.54, 1.807) is 39.0 Å². The van der Waals surface area contributed by atoms with Gasteiger partial charge in [0.25, 0.3) is 5.91 Å². The lowest BCUT2D eigenvalue weighted by molar-refractivity contribution is -0.129. The molecule has 0 spiro atoms. The molecule has 25 heavy (non-hydrogen) atoms. The zero-order chi connectivity index (χ0) is 18.6. The van der Waals surface area contributed by atoms with Crippen molar-refractivity contribution in [1.82, 2.24) is 5.32 Å². The molecule has 0 bridgehead atoms. The van der Waals surface area contributed by atoms with E-state index in [1.165, 1.54) is 13.0 Å². The largest absolute Gasteiger partial charge is 0.449 e. The molecule has 0 aromatic heterocycles. The van der Waals surface area contributed by atoms with E-state index in [1.807, 2.05) is 0 Å². The highest BCUT2D eigenvalue weighted by Gasteiger charge is 2.27. The molecule has 0 saturated heterocycles. The fourth-order valence-electron chi connectivity index (χ4n) is 1.97. The van der Waals surface area contributed by atoms with Crippen molar-refractivity contribution >= 4 is 23.7 Å². The summed E-state index contributed by atoms with van der Waals surface area (Å²) in [5.41, 5.74) is 0.0174. The maximum absolute atomic E-state index is 12.2. The summed E-state index contributed by atoms with van der Waals surface area (Å²) >= 11 is 0. The number of amides is 2. The Balaban J connectivity index is 1.93. The van der Waals surface area contributed by atoms with Crippen molar-refractivity contribution in [3.8, 4) is 0 Å². The molecule has 0 unspecified atom stereocenters. The molecule has 1 aliphatic carbocycles. The van der Waals surface area contributed by atoms with Crippen LogP contribution in [-0.4, -0.2) is 35.7 Å². The number of esters is 1. The third-order valence-corrected chi connectivity index (χ3v) is 3.32. The van der Waals surface area contributed by atoms with Crippen LogP contribution in [0.25, 0.3) is 0 Å². The molecular weight excluding hydrogens is 324 g/mol. The average Bonchev–Trinajstić information content (AvgIpc) is 3.29. The average molecular weight is 348 g/mol. The van der Waals surface area contributed by atoms with Gasteiger partial charge in [-0.15, -0.1) is 0 Å². The summed E-state index contributed by atoms with van der Waals surface area (Å²) in [5.74, 6) is -0.940. The number of anilines is 1. The fourth-order valence-corrected chi connectivity index (χ4v) is 1.97. The van der Waals surface area contributed by atoms with Gasteiger partial charge in [-0.3, -0.25) is 10.1 Å². The van der Waals surface area contributed by atoms with Gasteiger partial charge in [-0.2, -0.15) is 0 Å². The first-order valence-corrected chi connectivity index (χ1v) is 8.25. The van der Waals surface area contributed by atoms with Crippen LogP contribution in [0.5, 0.6) is 0 Å². The minimum absolute atomic E-state index is 0.204. The Bertz CT molecular complexity index is 662. The van der Waals surface area contributed by atoms with E-state index < -0.39 is 23.8 Å². The molecule has 2 amide bonds. The minimum atomic E-state index is -0.879. The zero-order valence-electron chi connectivity index (χ0n) is 14.9. The normalized spacial score (nSPS) is 15.0. The van der Waals surface area contributed by atoms with Crippen LogP contribution in [0.2, 0.25) is 0 Å². The van der Waals surface area contributed by atoms with Crippen molar-refractivity contribution < 1.29 is 23.9 Å². The summed E-state index contributed by atoms with van der Waals surface area (Å²) in [6, 6.07) is 6.46. The molecule has 2 rings (SSSR count). The van der Waals surface area contributed by atoms with Gasteiger partial charge >= 0.3 is 12.1 Å². The van der Waals surface area contributed by atoms with Gasteiger partial charge in [0.05, 0.1) is 5.56 Å². The number of nitrogens with one attached hydrogen (secondary N) is 2. The number of hydrogen-bond donors (Lipinski definition) is 2. The van der Waals surface area contributed by atoms with Crippen LogP contribution in [0.1, 0.15) is 50.9 Å². The standard InChI is InChI=1S/C18H24N2O5/c1-11(15(21)19-13-8-9-13)24-16(22)12-6-5-7-14(10-12)20-17(23)25-18(2,3)4/h5-7,10-11,13H,8-9H2,1-4H3,(H,19,21)(H,20,23)/t11-/m0/s1. The highest BCUT2D eigenvalue weighted by Crippen LogP contribution is 2.19. The van der Waals surface area contributed by atoms with E-state index in [2.05, 4.69) is 10.6 Å². The predicted octanol–water partition coefficient (Wildman–Crippen LogP) is 2.86. The number of rotatable bonds is 5. The summed E-state index contributed by atoms with van der Waals surface area (Å²) in [5, 5.41) is 5.34. The van der Waals surface area contributed by atoms with Gasteiger partial charge in [0, 0.05) is 11.7 Å². The maximum Gasteiger partial charge on any atom is 0.412 e. The molecular formula is C18H24N2O5. The first kappa shape index (κ1) is 18.8. The van der Waals surface area contributed by atoms with Gasteiger partial charge in [-0.25, -0.2) is 9.59 Å². The topological polar surface area (TPSA) is 93.7 Å². The molecule has 0 heterocycles. The summed E-state index contributed by atoms with van der Waals surface area (Å²) in [7, 11) is 0. The third kappa shape index (κ3) is 6.45. The Morgan fingerprint density at radius 3 is 2.48 bits per heavy atom. The Hall–Kier alpha value is -2.57. The second-order valence-corrected chi connectivity index (χ2v) is 7.04. The summed E-state index contributed by atoms with van der Waals surface area (Å²) in [4.78, 5) is 35.8. The van der Waals surface area contributed by atoms with Crippen molar-refractivity contribution in [2.45, 2.75) is 58.3 Å². The van der Waals surface area contributed by atoms with E-state index in [4.69, 9.17) is 9.47 Å². The van der Waals surface area contributed by atoms with Crippen LogP contribution in [0.3, 0.4) is 0 Å². The van der Waals surface area contributed by atoms with Crippen molar-refractivity contribution in [1.29, 1.82) is 0 Å². The van der Waals surface area contributed by atoms with Crippen LogP contribution < -0.4 is 10.6 Å². The molecule has 7 heteroatoms. The summed E-state index contributed by atoms with van der Waals surface area (Å²) < 4.78 is 10.3. The van der Waals surface area contributed by atoms with Gasteiger partial charge in [0.2, 0.25) is 0 Å². The number of benzene rings is 1. The van der Waals surface area contributed by atoms with Gasteiger partial charge in [0.15, 0.2) is 6.10 Å². The van der Waals surface area contributed by atoms with E-state index in [0.717, 1.165) is 12.8 Å². The molecule has 7 nitrogen and oxygen atoms in total. The molecule has 136 valence electrons. The third-order valence-electron chi connectivity index (χ3n) is 3.32. The van der Waals surface area contributed by atoms with E-state index in [-0.39, 0.29) is 17.5 Å². The SMILES string of the molecule is C[C@H](OC(=O)c1cccc(NC(=O)OC(C)(C)C)c1)C(=O)NC1CC1. The monoisotopic (exact) mass is 348 g/mol. The minimum Gasteiger partial charge on any atom is -0.449 e. The molecule has 1 aromatic carbocycles. The van der Waals surface area contributed by atoms with Crippen LogP contribution in [0, 0.1) is 0 Å². The van der Waals surface area contributed by atoms with E-state index in [9.17, 15) is 14.4 Å². The molecule has 1 aliphatic rings. The van der Waals surface area contributed by atoms with Gasteiger partial charge < -0.3 is 14.8 Å². The quantitative estimate of drug-likeness (QED) is 0.798. The lowest BCUT2D eigenvalue weighted by Crippen LogP contribution is -2.37. The first-order chi connectivity index (χ1) is 11.6. The van der Waals surface area contributed by atoms with Crippen molar-refractivity contribution in [2.24, 2.45) is 0 Å². The van der Waals surface area contributed by atoms with Crippen LogP contribution >= 0.6 is 0 Å². The molecule has 1 saturated carbocycles. The number of ether oxygens (including phenoxy) is 2. The van der Waals surface area contributed by atoms with E-state index in [0.29, 0.717) is 5.69 Å². The maximum atomic E-state index is 12.2. The Kier molecular flexibility index (Phi) is 5.66. The molecule has 0 aliphatic heterocycles. The number of hydrogen-bond acceptors (Lipinski definition) is 5. The highest BCUT2D eigenvalue weighted by molar-refractivity contribution is 5.94. The number of carbonyl (C=O) groups is 3. The highest BCUT2D eigenvalue weighted by atomic mass is 16.6. The summed E-state index contributed by atoms with van der Waals surface area (Å²) in [6.45, 7) is 6.80. The number of carbonyl (C=O) groups excluding carboxylic acids is 3. The second kappa shape index (κ2) is 7.55. The zero-order valence-corrected chi connectivity index (χ0v) is 14.9. The van der Waals surface area contributed by atoms with Gasteiger partial charge in [-0.1, -0.05) is 6.07 Å². The van der Waals surface area contributed by atoms with Crippen molar-refractivity contribution in [3.63, 3.8) is 0 Å². The van der Waals surface area contributed by atoms with Crippen LogP contribution in [0.15, 0.2) is 24.3 Å². The molecule has 1 aromatic rings. The van der Waals surface area contributed by atoms with Crippen molar-refractivity contribution in [3.05, 3.63) is 29.8 Å². The Labute approximate surface area is 147 Å². The smallest absolute Gasteiger partial charge is 0.412 e. The van der Waals surface area contributed by atoms with Gasteiger partial charge in [0.1, 0.15) is 5.60 Å². The molecule has 1 atom stereocenters. The van der Waals surface area contributed by atoms with Gasteiger partial charge in [-0.05, 0) is 58.7 Å². The molecule has 1 fully saturated rings. The fraction of sp³-hybridized carbons (Fsp3) is 0.500. The summed E-state index contributed by atoms with van der Waals surface area (Å²) in [6.07, 6.45) is 0.432. The molecule has 0 radical (unpaired) electrons. The van der Waals surface area contributed by atoms with Crippen LogP contribution in [-0.2, 0) is 14.3 Å². The lowest BCUT2D eigenvalue weighted by atomic mass is 10.2. The predicted molar refractivity (Wildman–Crippen MR) is 92.3 cm³/mol. The second-order valence-electron chi connectivity index (χ2n) is 7.04. The Morgan fingerprint density at radius 1 is 1.20 bits per heavy atom. The Morgan fingerprint density at radius 2 is 1.88 bits per heavy atom. The molecule has 2 N–H and O–H groups in total.